The molecule has 0 aromatic heterocycles. The van der Waals surface area contributed by atoms with E-state index in [4.69, 9.17) is 0 Å². The van der Waals surface area contributed by atoms with Gasteiger partial charge in [-0.3, -0.25) is 0 Å². The molecule has 0 saturated heterocycles. The van der Waals surface area contributed by atoms with Crippen molar-refractivity contribution in [1.82, 2.24) is 0 Å². The topological polar surface area (TPSA) is 60.7 Å². The van der Waals surface area contributed by atoms with Gasteiger partial charge in [-0.25, -0.2) is 0 Å². The fourth-order valence-electron chi connectivity index (χ4n) is 9.34. The average molecular weight is 435 g/mol. The predicted molar refractivity (Wildman–Crippen MR) is 126 cm³/mol. The maximum absolute atomic E-state index is 11.1. The van der Waals surface area contributed by atoms with Crippen LogP contribution in [0.25, 0.3) is 0 Å². The van der Waals surface area contributed by atoms with Gasteiger partial charge in [-0.1, -0.05) is 34.1 Å². The van der Waals surface area contributed by atoms with Crippen LogP contribution >= 0.6 is 0 Å². The predicted octanol–water partition coefficient (Wildman–Crippen LogP) is 5.80. The Morgan fingerprint density at radius 1 is 0.903 bits per heavy atom. The molecule has 4 fully saturated rings. The molecule has 0 heterocycles. The van der Waals surface area contributed by atoms with E-state index in [1.807, 2.05) is 13.8 Å². The van der Waals surface area contributed by atoms with Gasteiger partial charge in [0.15, 0.2) is 0 Å². The van der Waals surface area contributed by atoms with E-state index in [-0.39, 0.29) is 17.6 Å². The monoisotopic (exact) mass is 434 g/mol. The number of aliphatic hydroxyl groups is 3. The Labute approximate surface area is 191 Å². The first-order valence-corrected chi connectivity index (χ1v) is 13.5. The van der Waals surface area contributed by atoms with Gasteiger partial charge < -0.3 is 15.3 Å². The van der Waals surface area contributed by atoms with Crippen molar-refractivity contribution in [1.29, 1.82) is 0 Å². The zero-order valence-electron chi connectivity index (χ0n) is 21.1. The highest BCUT2D eigenvalue weighted by atomic mass is 16.3. The molecule has 3 nitrogen and oxygen atoms in total. The molecule has 31 heavy (non-hydrogen) atoms. The summed E-state index contributed by atoms with van der Waals surface area (Å²) < 4.78 is 0. The van der Waals surface area contributed by atoms with E-state index in [0.29, 0.717) is 29.6 Å². The van der Waals surface area contributed by atoms with E-state index < -0.39 is 5.60 Å². The third kappa shape index (κ3) is 3.93. The Bertz CT molecular complexity index is 641. The smallest absolute Gasteiger partial charge is 0.0623 e. The van der Waals surface area contributed by atoms with Crippen LogP contribution in [0.3, 0.4) is 0 Å². The fraction of sp³-hybridized carbons (Fsp3) is 1.00. The lowest BCUT2D eigenvalue weighted by Crippen LogP contribution is -2.59. The van der Waals surface area contributed by atoms with Crippen LogP contribution in [0.1, 0.15) is 106 Å². The summed E-state index contributed by atoms with van der Waals surface area (Å²) >= 11 is 0. The van der Waals surface area contributed by atoms with Crippen molar-refractivity contribution >= 4 is 0 Å². The first-order chi connectivity index (χ1) is 14.4. The van der Waals surface area contributed by atoms with Crippen LogP contribution in [0.15, 0.2) is 0 Å². The van der Waals surface area contributed by atoms with Crippen LogP contribution < -0.4 is 0 Å². The summed E-state index contributed by atoms with van der Waals surface area (Å²) in [6.07, 6.45) is 11.0. The van der Waals surface area contributed by atoms with Crippen molar-refractivity contribution in [3.05, 3.63) is 0 Å². The minimum atomic E-state index is -0.581. The van der Waals surface area contributed by atoms with Crippen LogP contribution in [0.4, 0.5) is 0 Å². The fourth-order valence-corrected chi connectivity index (χ4v) is 9.34. The van der Waals surface area contributed by atoms with E-state index in [2.05, 4.69) is 27.7 Å². The quantitative estimate of drug-likeness (QED) is 0.512. The standard InChI is InChI=1S/C28H50O3/c1-17(7-8-18(2)26(3,4)31)22-11-12-23-21-10-9-19-15-20(29)16-25(30)28(19,6)24(21)13-14-27(22,23)5/h17-25,29-31H,7-16H2,1-6H3. The third-order valence-corrected chi connectivity index (χ3v) is 11.8. The SMILES string of the molecule is CC(CCC(C)C(C)(C)O)C1CCC2C3CCC4CC(O)CC(O)C4(C)C3CCC12C. The molecule has 0 bridgehead atoms. The van der Waals surface area contributed by atoms with Gasteiger partial charge in [0, 0.05) is 0 Å². The Kier molecular flexibility index (Phi) is 6.41. The molecule has 4 rings (SSSR count). The summed E-state index contributed by atoms with van der Waals surface area (Å²) in [4.78, 5) is 0. The molecule has 4 aliphatic rings. The van der Waals surface area contributed by atoms with Gasteiger partial charge in [0.2, 0.25) is 0 Å². The highest BCUT2D eigenvalue weighted by Crippen LogP contribution is 2.68. The lowest BCUT2D eigenvalue weighted by atomic mass is 9.43. The van der Waals surface area contributed by atoms with Gasteiger partial charge in [0.1, 0.15) is 0 Å². The molecule has 0 spiro atoms. The molecule has 3 N–H and O–H groups in total. The minimum Gasteiger partial charge on any atom is -0.393 e. The summed E-state index contributed by atoms with van der Waals surface area (Å²) in [5.74, 6) is 4.57. The molecule has 0 aromatic carbocycles. The zero-order chi connectivity index (χ0) is 22.8. The summed E-state index contributed by atoms with van der Waals surface area (Å²) in [6.45, 7) is 13.6. The van der Waals surface area contributed by atoms with Gasteiger partial charge in [0.25, 0.3) is 0 Å². The Balaban J connectivity index is 1.47. The first-order valence-electron chi connectivity index (χ1n) is 13.5. The number of fused-ring (bicyclic) bond motifs is 5. The zero-order valence-corrected chi connectivity index (χ0v) is 21.1. The van der Waals surface area contributed by atoms with Gasteiger partial charge in [0.05, 0.1) is 17.8 Å². The van der Waals surface area contributed by atoms with Crippen molar-refractivity contribution in [2.75, 3.05) is 0 Å². The van der Waals surface area contributed by atoms with E-state index in [1.165, 1.54) is 44.9 Å². The normalized spacial score (nSPS) is 49.6. The van der Waals surface area contributed by atoms with Crippen molar-refractivity contribution in [3.8, 4) is 0 Å². The number of hydrogen-bond acceptors (Lipinski definition) is 3. The highest BCUT2D eigenvalue weighted by Gasteiger charge is 2.62. The minimum absolute atomic E-state index is 0.00925. The molecular weight excluding hydrogens is 384 g/mol. The summed E-state index contributed by atoms with van der Waals surface area (Å²) in [7, 11) is 0. The van der Waals surface area contributed by atoms with Crippen LogP contribution in [-0.4, -0.2) is 33.1 Å². The van der Waals surface area contributed by atoms with E-state index in [9.17, 15) is 15.3 Å². The largest absolute Gasteiger partial charge is 0.393 e. The van der Waals surface area contributed by atoms with Crippen molar-refractivity contribution in [3.63, 3.8) is 0 Å². The van der Waals surface area contributed by atoms with E-state index >= 15 is 0 Å². The molecule has 0 amide bonds. The second kappa shape index (κ2) is 8.27. The summed E-state index contributed by atoms with van der Waals surface area (Å²) in [6, 6.07) is 0. The molecule has 11 atom stereocenters. The molecule has 4 saturated carbocycles. The Morgan fingerprint density at radius 3 is 2.29 bits per heavy atom. The van der Waals surface area contributed by atoms with E-state index in [1.54, 1.807) is 0 Å². The summed E-state index contributed by atoms with van der Waals surface area (Å²) in [5.41, 5.74) is -0.126. The molecule has 3 heteroatoms. The van der Waals surface area contributed by atoms with Crippen molar-refractivity contribution in [2.45, 2.75) is 124 Å². The van der Waals surface area contributed by atoms with Crippen LogP contribution in [-0.2, 0) is 0 Å². The van der Waals surface area contributed by atoms with E-state index in [0.717, 1.165) is 36.5 Å². The Hall–Kier alpha value is -0.120. The third-order valence-electron chi connectivity index (χ3n) is 11.8. The van der Waals surface area contributed by atoms with Crippen molar-refractivity contribution in [2.24, 2.45) is 52.3 Å². The van der Waals surface area contributed by atoms with Crippen LogP contribution in [0, 0.1) is 52.3 Å². The molecule has 11 unspecified atom stereocenters. The number of aliphatic hydroxyl groups excluding tert-OH is 2. The maximum Gasteiger partial charge on any atom is 0.0623 e. The van der Waals surface area contributed by atoms with Gasteiger partial charge in [-0.15, -0.1) is 0 Å². The lowest BCUT2D eigenvalue weighted by molar-refractivity contribution is -0.182. The van der Waals surface area contributed by atoms with Crippen LogP contribution in [0.5, 0.6) is 0 Å². The highest BCUT2D eigenvalue weighted by molar-refractivity contribution is 5.11. The molecule has 0 radical (unpaired) electrons. The lowest BCUT2D eigenvalue weighted by Gasteiger charge is -2.62. The second-order valence-electron chi connectivity index (χ2n) is 13.5. The van der Waals surface area contributed by atoms with Gasteiger partial charge >= 0.3 is 0 Å². The molecular formula is C28H50O3. The molecule has 0 aromatic rings. The number of rotatable bonds is 5. The summed E-state index contributed by atoms with van der Waals surface area (Å²) in [5, 5.41) is 31.8. The molecule has 4 aliphatic carbocycles. The molecule has 0 aliphatic heterocycles. The maximum atomic E-state index is 11.1. The first kappa shape index (κ1) is 24.0. The van der Waals surface area contributed by atoms with Gasteiger partial charge in [-0.05, 0) is 124 Å². The molecule has 180 valence electrons. The average Bonchev–Trinajstić information content (AvgIpc) is 3.03. The number of hydrogen-bond donors (Lipinski definition) is 3. The van der Waals surface area contributed by atoms with Crippen molar-refractivity contribution < 1.29 is 15.3 Å². The Morgan fingerprint density at radius 2 is 1.61 bits per heavy atom. The second-order valence-corrected chi connectivity index (χ2v) is 13.5. The van der Waals surface area contributed by atoms with Crippen LogP contribution in [0.2, 0.25) is 0 Å². The van der Waals surface area contributed by atoms with Gasteiger partial charge in [-0.2, -0.15) is 0 Å².